The van der Waals surface area contributed by atoms with E-state index in [9.17, 15) is 9.18 Å². The molecule has 1 fully saturated rings. The summed E-state index contributed by atoms with van der Waals surface area (Å²) < 4.78 is 20.8. The summed E-state index contributed by atoms with van der Waals surface area (Å²) in [5.74, 6) is -0.295. The van der Waals surface area contributed by atoms with Crippen LogP contribution in [0.5, 0.6) is 0 Å². The second-order valence-corrected chi connectivity index (χ2v) is 9.36. The van der Waals surface area contributed by atoms with Crippen LogP contribution in [-0.2, 0) is 11.3 Å². The molecule has 8 heteroatoms. The van der Waals surface area contributed by atoms with E-state index >= 15 is 0 Å². The maximum absolute atomic E-state index is 13.2. The highest BCUT2D eigenvalue weighted by molar-refractivity contribution is 7.20. The van der Waals surface area contributed by atoms with Gasteiger partial charge >= 0.3 is 0 Å². The highest BCUT2D eigenvalue weighted by Crippen LogP contribution is 2.29. The molecule has 0 spiro atoms. The molecule has 1 N–H and O–H groups in total. The number of nitrogens with one attached hydrogen (secondary N) is 1. The first-order valence-electron chi connectivity index (χ1n) is 10.8. The van der Waals surface area contributed by atoms with Crippen molar-refractivity contribution >= 4 is 27.5 Å². The fourth-order valence-electron chi connectivity index (χ4n) is 4.15. The first kappa shape index (κ1) is 21.9. The van der Waals surface area contributed by atoms with Crippen LogP contribution in [0.1, 0.15) is 41.2 Å². The number of aryl methyl sites for hydroxylation is 1. The highest BCUT2D eigenvalue weighted by Gasteiger charge is 2.21. The van der Waals surface area contributed by atoms with Crippen molar-refractivity contribution in [2.45, 2.75) is 45.9 Å². The van der Waals surface area contributed by atoms with Crippen LogP contribution in [0.15, 0.2) is 30.3 Å². The molecule has 1 aliphatic heterocycles. The molecule has 1 aliphatic rings. The lowest BCUT2D eigenvalue weighted by Gasteiger charge is -2.35. The number of carbonyl (C=O) groups excluding carboxylic acids is 1. The van der Waals surface area contributed by atoms with Crippen molar-refractivity contribution in [1.29, 1.82) is 0 Å². The molecule has 0 bridgehead atoms. The van der Waals surface area contributed by atoms with Crippen molar-refractivity contribution in [3.63, 3.8) is 0 Å². The van der Waals surface area contributed by atoms with Gasteiger partial charge in [-0.1, -0.05) is 12.1 Å². The predicted octanol–water partition coefficient (Wildman–Crippen LogP) is 3.82. The van der Waals surface area contributed by atoms with Gasteiger partial charge in [-0.05, 0) is 51.0 Å². The van der Waals surface area contributed by atoms with E-state index < -0.39 is 0 Å². The molecule has 31 heavy (non-hydrogen) atoms. The van der Waals surface area contributed by atoms with Crippen LogP contribution in [0.2, 0.25) is 0 Å². The van der Waals surface area contributed by atoms with Gasteiger partial charge in [0.2, 0.25) is 0 Å². The average Bonchev–Trinajstić information content (AvgIpc) is 3.28. The Bertz CT molecular complexity index is 1040. The van der Waals surface area contributed by atoms with E-state index in [-0.39, 0.29) is 23.9 Å². The summed E-state index contributed by atoms with van der Waals surface area (Å²) in [6.45, 7) is 10.2. The number of thiophene rings is 1. The molecule has 0 saturated carbocycles. The molecule has 3 heterocycles. The van der Waals surface area contributed by atoms with E-state index in [1.54, 1.807) is 12.1 Å². The van der Waals surface area contributed by atoms with Gasteiger partial charge in [-0.25, -0.2) is 4.39 Å². The molecular formula is C23H29FN4O2S. The largest absolute Gasteiger partial charge is 0.373 e. The number of morpholine rings is 1. The van der Waals surface area contributed by atoms with Crippen LogP contribution in [0.3, 0.4) is 0 Å². The molecule has 2 unspecified atom stereocenters. The van der Waals surface area contributed by atoms with Gasteiger partial charge in [-0.2, -0.15) is 5.10 Å². The maximum atomic E-state index is 13.2. The number of aromatic nitrogens is 2. The van der Waals surface area contributed by atoms with Gasteiger partial charge in [0.05, 0.1) is 29.3 Å². The molecule has 1 amide bonds. The number of nitrogens with zero attached hydrogens (tertiary/aromatic N) is 3. The fourth-order valence-corrected chi connectivity index (χ4v) is 5.23. The number of hydrogen-bond donors (Lipinski definition) is 1. The molecule has 2 atom stereocenters. The summed E-state index contributed by atoms with van der Waals surface area (Å²) in [7, 11) is 0. The third kappa shape index (κ3) is 5.31. The standard InChI is InChI=1S/C23H29FN4O2S/c1-15-12-27(13-16(2)30-15)10-4-9-25-22(29)21-11-20-17(3)26-28(23(20)31-21)14-18-5-7-19(24)8-6-18/h5-8,11,15-16H,4,9-10,12-14H2,1-3H3,(H,25,29). The zero-order chi connectivity index (χ0) is 22.0. The lowest BCUT2D eigenvalue weighted by atomic mass is 10.2. The topological polar surface area (TPSA) is 59.4 Å². The quantitative estimate of drug-likeness (QED) is 0.563. The second kappa shape index (κ2) is 9.46. The molecule has 0 aliphatic carbocycles. The summed E-state index contributed by atoms with van der Waals surface area (Å²) in [6, 6.07) is 8.34. The molecule has 2 aromatic heterocycles. The normalized spacial score (nSPS) is 19.7. The lowest BCUT2D eigenvalue weighted by molar-refractivity contribution is -0.0679. The Morgan fingerprint density at radius 3 is 2.68 bits per heavy atom. The van der Waals surface area contributed by atoms with Crippen molar-refractivity contribution in [2.75, 3.05) is 26.2 Å². The number of ether oxygens (including phenoxy) is 1. The van der Waals surface area contributed by atoms with E-state index in [4.69, 9.17) is 4.74 Å². The van der Waals surface area contributed by atoms with E-state index in [0.29, 0.717) is 18.0 Å². The number of halogens is 1. The number of benzene rings is 1. The summed E-state index contributed by atoms with van der Waals surface area (Å²) in [6.07, 6.45) is 1.43. The minimum atomic E-state index is -0.252. The number of hydrogen-bond acceptors (Lipinski definition) is 5. The third-order valence-electron chi connectivity index (χ3n) is 5.51. The number of rotatable bonds is 7. The Labute approximate surface area is 186 Å². The predicted molar refractivity (Wildman–Crippen MR) is 121 cm³/mol. The Morgan fingerprint density at radius 2 is 1.97 bits per heavy atom. The maximum Gasteiger partial charge on any atom is 0.261 e. The molecule has 4 rings (SSSR count). The van der Waals surface area contributed by atoms with Crippen molar-refractivity contribution in [1.82, 2.24) is 20.0 Å². The lowest BCUT2D eigenvalue weighted by Crippen LogP contribution is -2.46. The SMILES string of the molecule is Cc1nn(Cc2ccc(F)cc2)c2sc(C(=O)NCCCN3CC(C)OC(C)C3)cc12. The van der Waals surface area contributed by atoms with Crippen LogP contribution < -0.4 is 5.32 Å². The first-order chi connectivity index (χ1) is 14.9. The smallest absolute Gasteiger partial charge is 0.261 e. The van der Waals surface area contributed by atoms with E-state index in [1.165, 1.54) is 23.5 Å². The average molecular weight is 445 g/mol. The highest BCUT2D eigenvalue weighted by atomic mass is 32.1. The summed E-state index contributed by atoms with van der Waals surface area (Å²) >= 11 is 1.45. The van der Waals surface area contributed by atoms with Crippen molar-refractivity contribution in [3.05, 3.63) is 52.3 Å². The number of fused-ring (bicyclic) bond motifs is 1. The monoisotopic (exact) mass is 444 g/mol. The zero-order valence-electron chi connectivity index (χ0n) is 18.2. The molecule has 0 radical (unpaired) electrons. The second-order valence-electron chi connectivity index (χ2n) is 8.33. The molecule has 3 aromatic rings. The Balaban J connectivity index is 1.34. The van der Waals surface area contributed by atoms with Gasteiger partial charge in [0.15, 0.2) is 0 Å². The third-order valence-corrected chi connectivity index (χ3v) is 6.66. The number of carbonyl (C=O) groups is 1. The van der Waals surface area contributed by atoms with Crippen molar-refractivity contribution in [2.24, 2.45) is 0 Å². The van der Waals surface area contributed by atoms with Gasteiger partial charge < -0.3 is 10.1 Å². The van der Waals surface area contributed by atoms with Crippen LogP contribution in [0.25, 0.3) is 10.2 Å². The molecule has 166 valence electrons. The van der Waals surface area contributed by atoms with Crippen molar-refractivity contribution in [3.8, 4) is 0 Å². The fraction of sp³-hybridized carbons (Fsp3) is 0.478. The Kier molecular flexibility index (Phi) is 6.69. The van der Waals surface area contributed by atoms with E-state index in [2.05, 4.69) is 29.2 Å². The van der Waals surface area contributed by atoms with Gasteiger partial charge in [0.1, 0.15) is 10.6 Å². The van der Waals surface area contributed by atoms with Gasteiger partial charge in [-0.3, -0.25) is 14.4 Å². The number of amides is 1. The Hall–Kier alpha value is -2.29. The van der Waals surface area contributed by atoms with Gasteiger partial charge in [-0.15, -0.1) is 11.3 Å². The van der Waals surface area contributed by atoms with Crippen molar-refractivity contribution < 1.29 is 13.9 Å². The van der Waals surface area contributed by atoms with Crippen LogP contribution in [-0.4, -0.2) is 59.0 Å². The minimum Gasteiger partial charge on any atom is -0.373 e. The zero-order valence-corrected chi connectivity index (χ0v) is 19.0. The van der Waals surface area contributed by atoms with Gasteiger partial charge in [0.25, 0.3) is 5.91 Å². The van der Waals surface area contributed by atoms with E-state index in [0.717, 1.165) is 47.5 Å². The summed E-state index contributed by atoms with van der Waals surface area (Å²) in [4.78, 5) is 16.7. The molecular weight excluding hydrogens is 415 g/mol. The summed E-state index contributed by atoms with van der Waals surface area (Å²) in [5, 5.41) is 8.64. The summed E-state index contributed by atoms with van der Waals surface area (Å²) in [5.41, 5.74) is 1.86. The van der Waals surface area contributed by atoms with Crippen LogP contribution in [0, 0.1) is 12.7 Å². The minimum absolute atomic E-state index is 0.0438. The molecule has 1 saturated heterocycles. The first-order valence-corrected chi connectivity index (χ1v) is 11.6. The Morgan fingerprint density at radius 1 is 1.26 bits per heavy atom. The van der Waals surface area contributed by atoms with Gasteiger partial charge in [0, 0.05) is 31.6 Å². The van der Waals surface area contributed by atoms with Crippen LogP contribution in [0.4, 0.5) is 4.39 Å². The van der Waals surface area contributed by atoms with E-state index in [1.807, 2.05) is 17.7 Å². The molecule has 1 aromatic carbocycles. The van der Waals surface area contributed by atoms with Crippen LogP contribution >= 0.6 is 11.3 Å². The molecule has 6 nitrogen and oxygen atoms in total.